The number of nitriles is 1. The van der Waals surface area contributed by atoms with Crippen molar-refractivity contribution in [3.8, 4) is 17.6 Å². The first-order chi connectivity index (χ1) is 28.8. The Balaban J connectivity index is 0.887. The minimum atomic E-state index is -4.19. The summed E-state index contributed by atoms with van der Waals surface area (Å²) >= 11 is 0. The van der Waals surface area contributed by atoms with E-state index in [4.69, 9.17) is 14.6 Å². The highest BCUT2D eigenvalue weighted by molar-refractivity contribution is 7.90. The van der Waals surface area contributed by atoms with Crippen molar-refractivity contribution in [2.45, 2.75) is 74.6 Å². The molecule has 0 bridgehead atoms. The van der Waals surface area contributed by atoms with Crippen LogP contribution in [0, 0.1) is 23.0 Å². The maximum atomic E-state index is 15.2. The lowest BCUT2D eigenvalue weighted by atomic mass is 9.73. The van der Waals surface area contributed by atoms with E-state index < -0.39 is 51.5 Å². The Kier molecular flexibility index (Phi) is 11.3. The first kappa shape index (κ1) is 41.2. The Hall–Kier alpha value is -5.52. The van der Waals surface area contributed by atoms with Gasteiger partial charge in [0.1, 0.15) is 29.2 Å². The van der Waals surface area contributed by atoms with Crippen LogP contribution >= 0.6 is 0 Å². The number of likely N-dealkylation sites (N-methyl/N-ethyl adjacent to an activating group) is 1. The lowest BCUT2D eigenvalue weighted by molar-refractivity contribution is -0.133. The summed E-state index contributed by atoms with van der Waals surface area (Å²) in [4.78, 5) is 44.4. The van der Waals surface area contributed by atoms with Crippen LogP contribution in [0.15, 0.2) is 59.7 Å². The number of benzene rings is 3. The van der Waals surface area contributed by atoms with Gasteiger partial charge in [0.25, 0.3) is 5.56 Å². The highest BCUT2D eigenvalue weighted by Gasteiger charge is 2.46. The fraction of sp³-hybridized carbons (Fsp3) is 0.439. The average Bonchev–Trinajstić information content (AvgIpc) is 3.61. The minimum Gasteiger partial charge on any atom is -0.453 e. The van der Waals surface area contributed by atoms with Gasteiger partial charge in [-0.15, -0.1) is 0 Å². The van der Waals surface area contributed by atoms with Crippen LogP contribution in [-0.2, 0) is 24.5 Å². The van der Waals surface area contributed by atoms with Gasteiger partial charge in [-0.05, 0) is 92.5 Å². The number of anilines is 2. The van der Waals surface area contributed by atoms with E-state index in [1.807, 2.05) is 0 Å². The number of hydrogen-bond donors (Lipinski definition) is 4. The highest BCUT2D eigenvalue weighted by atomic mass is 32.2. The molecule has 1 saturated carbocycles. The molecular weight excluding hydrogens is 803 g/mol. The Bertz CT molecular complexity index is 2550. The molecule has 60 heavy (non-hydrogen) atoms. The zero-order valence-electron chi connectivity index (χ0n) is 32.7. The van der Waals surface area contributed by atoms with Crippen molar-refractivity contribution in [1.82, 2.24) is 24.1 Å². The SMILES string of the molecule is CN(CCO)S(=O)(=O)Nc1ccc(F)c(Oc2ccc3ncn([C@H]4COC5(CCN(C6CC(c7ccc(NC8CCC(=O)NC8=O)cc7F)C6)CC5)C4)c(=O)c3c2)c1C#N. The number of ether oxygens (including phenoxy) is 2. The largest absolute Gasteiger partial charge is 0.453 e. The number of carbonyl (C=O) groups is 2. The van der Waals surface area contributed by atoms with Gasteiger partial charge in [0.2, 0.25) is 11.8 Å². The van der Waals surface area contributed by atoms with Gasteiger partial charge in [-0.25, -0.2) is 13.8 Å². The molecule has 4 N–H and O–H groups in total. The lowest BCUT2D eigenvalue weighted by Gasteiger charge is -2.48. The Labute approximate surface area is 344 Å². The maximum Gasteiger partial charge on any atom is 0.301 e. The molecule has 19 heteroatoms. The summed E-state index contributed by atoms with van der Waals surface area (Å²) in [5, 5.41) is 24.6. The van der Waals surface area contributed by atoms with Crippen molar-refractivity contribution >= 4 is 44.3 Å². The summed E-state index contributed by atoms with van der Waals surface area (Å²) in [5.41, 5.74) is 0.111. The predicted molar refractivity (Wildman–Crippen MR) is 215 cm³/mol. The zero-order chi connectivity index (χ0) is 42.3. The number of carbonyl (C=O) groups excluding carboxylic acids is 2. The third kappa shape index (κ3) is 8.17. The van der Waals surface area contributed by atoms with Gasteiger partial charge in [-0.2, -0.15) is 18.0 Å². The number of piperidine rings is 2. The third-order valence-corrected chi connectivity index (χ3v) is 13.7. The van der Waals surface area contributed by atoms with E-state index in [0.29, 0.717) is 42.3 Å². The van der Waals surface area contributed by atoms with Crippen LogP contribution < -0.4 is 25.7 Å². The van der Waals surface area contributed by atoms with E-state index in [9.17, 15) is 28.1 Å². The summed E-state index contributed by atoms with van der Waals surface area (Å²) in [6, 6.07) is 12.7. The summed E-state index contributed by atoms with van der Waals surface area (Å²) in [6.07, 6.45) is 5.89. The van der Waals surface area contributed by atoms with Gasteiger partial charge in [0.05, 0.1) is 47.8 Å². The zero-order valence-corrected chi connectivity index (χ0v) is 33.5. The molecule has 3 aliphatic heterocycles. The molecule has 4 heterocycles. The number of rotatable bonds is 12. The molecule has 4 aliphatic rings. The summed E-state index contributed by atoms with van der Waals surface area (Å²) in [5.74, 6) is -2.39. The molecule has 4 aromatic rings. The second kappa shape index (κ2) is 16.5. The number of fused-ring (bicyclic) bond motifs is 1. The summed E-state index contributed by atoms with van der Waals surface area (Å²) in [6.45, 7) is 1.27. The first-order valence-corrected chi connectivity index (χ1v) is 21.2. The molecule has 3 saturated heterocycles. The van der Waals surface area contributed by atoms with Gasteiger partial charge >= 0.3 is 10.2 Å². The molecule has 1 aliphatic carbocycles. The Morgan fingerprint density at radius 1 is 1.08 bits per heavy atom. The van der Waals surface area contributed by atoms with Crippen LogP contribution in [-0.4, -0.2) is 102 Å². The molecule has 3 aromatic carbocycles. The number of amides is 2. The maximum absolute atomic E-state index is 15.2. The van der Waals surface area contributed by atoms with E-state index in [1.54, 1.807) is 22.8 Å². The third-order valence-electron chi connectivity index (χ3n) is 12.2. The standard InChI is InChI=1S/C41H44F2N8O8S/c1-49(14-15-52)60(56,57)48-35-7-5-32(42)38(31(35)21-44)59-28-3-6-34-30(19-28)40(55)51(23-45-34)27-20-41(58-22-27)10-12-50(13-11-41)26-16-24(17-26)29-4-2-25(18-33(29)43)46-36-8-9-37(53)47-39(36)54/h2-7,18-19,23-24,26-27,36,46,48,52H,8-17,20,22H2,1H3,(H,47,53,54)/t24?,26?,27-,36?/m1/s1. The van der Waals surface area contributed by atoms with Crippen molar-refractivity contribution in [1.29, 1.82) is 5.26 Å². The normalized spacial score (nSPS) is 23.0. The molecule has 1 aromatic heterocycles. The first-order valence-electron chi connectivity index (χ1n) is 19.8. The van der Waals surface area contributed by atoms with Crippen LogP contribution in [0.1, 0.15) is 68.0 Å². The molecule has 1 spiro atoms. The predicted octanol–water partition coefficient (Wildman–Crippen LogP) is 3.88. The van der Waals surface area contributed by atoms with Crippen LogP contribution in [0.5, 0.6) is 11.5 Å². The number of aliphatic hydroxyl groups excluding tert-OH is 1. The molecule has 16 nitrogen and oxygen atoms in total. The van der Waals surface area contributed by atoms with Crippen molar-refractivity contribution in [3.05, 3.63) is 88.0 Å². The Morgan fingerprint density at radius 3 is 2.58 bits per heavy atom. The van der Waals surface area contributed by atoms with Crippen molar-refractivity contribution in [2.24, 2.45) is 0 Å². The number of hydrogen-bond acceptors (Lipinski definition) is 12. The van der Waals surface area contributed by atoms with E-state index in [0.717, 1.165) is 55.2 Å². The van der Waals surface area contributed by atoms with E-state index >= 15 is 8.78 Å². The molecule has 316 valence electrons. The Morgan fingerprint density at radius 2 is 1.87 bits per heavy atom. The molecule has 1 unspecified atom stereocenters. The number of imide groups is 1. The van der Waals surface area contributed by atoms with E-state index in [-0.39, 0.29) is 59.0 Å². The quantitative estimate of drug-likeness (QED) is 0.150. The van der Waals surface area contributed by atoms with Gasteiger partial charge in [-0.1, -0.05) is 6.07 Å². The molecule has 8 rings (SSSR count). The fourth-order valence-corrected chi connectivity index (χ4v) is 9.58. The monoisotopic (exact) mass is 846 g/mol. The van der Waals surface area contributed by atoms with E-state index in [1.165, 1.54) is 37.6 Å². The number of aromatic nitrogens is 2. The molecule has 2 atom stereocenters. The van der Waals surface area contributed by atoms with Gasteiger partial charge in [0.15, 0.2) is 11.6 Å². The second-order valence-electron chi connectivity index (χ2n) is 15.9. The van der Waals surface area contributed by atoms with Gasteiger partial charge in [0, 0.05) is 44.8 Å². The van der Waals surface area contributed by atoms with Gasteiger partial charge < -0.3 is 24.8 Å². The average molecular weight is 847 g/mol. The number of nitrogens with one attached hydrogen (secondary N) is 3. The van der Waals surface area contributed by atoms with Crippen LogP contribution in [0.3, 0.4) is 0 Å². The highest BCUT2D eigenvalue weighted by Crippen LogP contribution is 2.46. The number of halogens is 2. The molecular formula is C41H44F2N8O8S. The number of aliphatic hydroxyl groups is 1. The molecule has 4 fully saturated rings. The molecule has 0 radical (unpaired) electrons. The van der Waals surface area contributed by atoms with Crippen LogP contribution in [0.25, 0.3) is 10.9 Å². The molecule has 2 amide bonds. The number of nitrogens with zero attached hydrogens (tertiary/aromatic N) is 5. The summed E-state index contributed by atoms with van der Waals surface area (Å²) < 4.78 is 72.6. The van der Waals surface area contributed by atoms with Crippen molar-refractivity contribution < 1.29 is 41.4 Å². The van der Waals surface area contributed by atoms with Crippen molar-refractivity contribution in [3.63, 3.8) is 0 Å². The summed E-state index contributed by atoms with van der Waals surface area (Å²) in [7, 11) is -2.96. The smallest absolute Gasteiger partial charge is 0.301 e. The number of likely N-dealkylation sites (tertiary alicyclic amines) is 1. The minimum absolute atomic E-state index is 0.0262. The topological polar surface area (TPSA) is 208 Å². The van der Waals surface area contributed by atoms with Crippen LogP contribution in [0.4, 0.5) is 20.2 Å². The second-order valence-corrected chi connectivity index (χ2v) is 17.7. The van der Waals surface area contributed by atoms with E-state index in [2.05, 4.69) is 25.2 Å². The van der Waals surface area contributed by atoms with Crippen molar-refractivity contribution in [2.75, 3.05) is 49.9 Å². The van der Waals surface area contributed by atoms with Gasteiger partial charge in [-0.3, -0.25) is 29.0 Å². The lowest BCUT2D eigenvalue weighted by Crippen LogP contribution is -2.51. The van der Waals surface area contributed by atoms with Crippen LogP contribution in [0.2, 0.25) is 0 Å². The fourth-order valence-electron chi connectivity index (χ4n) is 8.65.